The number of nitrogens with zero attached hydrogens (tertiary/aromatic N) is 3. The number of thiocarbonyl (C=S) groups is 1. The van der Waals surface area contributed by atoms with Crippen LogP contribution in [0.4, 0.5) is 5.82 Å². The summed E-state index contributed by atoms with van der Waals surface area (Å²) in [6.45, 7) is 10.4. The van der Waals surface area contributed by atoms with Crippen molar-refractivity contribution >= 4 is 23.0 Å². The molecule has 0 spiro atoms. The minimum atomic E-state index is -0.242. The van der Waals surface area contributed by atoms with E-state index in [0.717, 1.165) is 37.7 Å². The molecule has 0 radical (unpaired) electrons. The lowest BCUT2D eigenvalue weighted by Crippen LogP contribution is -2.59. The van der Waals surface area contributed by atoms with Gasteiger partial charge in [0, 0.05) is 32.4 Å². The summed E-state index contributed by atoms with van der Waals surface area (Å²) in [5, 5.41) is 0. The number of hydrogen-bond donors (Lipinski definition) is 1. The van der Waals surface area contributed by atoms with Crippen molar-refractivity contribution in [1.82, 2.24) is 9.88 Å². The lowest BCUT2D eigenvalue weighted by atomic mass is 10.0. The van der Waals surface area contributed by atoms with Crippen molar-refractivity contribution in [1.29, 1.82) is 0 Å². The predicted molar refractivity (Wildman–Crippen MR) is 90.1 cm³/mol. The van der Waals surface area contributed by atoms with Gasteiger partial charge in [0.05, 0.1) is 17.1 Å². The molecule has 0 unspecified atom stereocenters. The van der Waals surface area contributed by atoms with E-state index in [-0.39, 0.29) is 5.54 Å². The first-order chi connectivity index (χ1) is 9.96. The largest absolute Gasteiger partial charge is 0.490 e. The highest BCUT2D eigenvalue weighted by Gasteiger charge is 2.33. The molecule has 0 atom stereocenters. The van der Waals surface area contributed by atoms with Crippen molar-refractivity contribution in [3.63, 3.8) is 0 Å². The zero-order valence-corrected chi connectivity index (χ0v) is 13.8. The van der Waals surface area contributed by atoms with Crippen LogP contribution in [0.15, 0.2) is 18.3 Å². The molecule has 0 aromatic carbocycles. The van der Waals surface area contributed by atoms with Gasteiger partial charge in [-0.2, -0.15) is 0 Å². The quantitative estimate of drug-likeness (QED) is 0.835. The fraction of sp³-hybridized carbons (Fsp3) is 0.600. The van der Waals surface area contributed by atoms with Crippen molar-refractivity contribution in [2.45, 2.75) is 26.3 Å². The summed E-state index contributed by atoms with van der Waals surface area (Å²) in [6.07, 6.45) is 1.81. The molecule has 1 aromatic rings. The van der Waals surface area contributed by atoms with Gasteiger partial charge in [-0.1, -0.05) is 12.2 Å². The van der Waals surface area contributed by atoms with Crippen molar-refractivity contribution < 1.29 is 4.74 Å². The minimum Gasteiger partial charge on any atom is -0.490 e. The number of nitrogens with two attached hydrogens (primary N) is 1. The van der Waals surface area contributed by atoms with Gasteiger partial charge in [0.15, 0.2) is 11.6 Å². The van der Waals surface area contributed by atoms with E-state index < -0.39 is 0 Å². The molecular formula is C15H24N4OS. The number of pyridine rings is 1. The zero-order chi connectivity index (χ0) is 15.5. The van der Waals surface area contributed by atoms with Crippen LogP contribution in [0.25, 0.3) is 0 Å². The normalized spacial score (nSPS) is 16.8. The molecule has 0 saturated carbocycles. The third-order valence-corrected chi connectivity index (χ3v) is 4.52. The Morgan fingerprint density at radius 1 is 1.38 bits per heavy atom. The number of aromatic nitrogens is 1. The number of piperazine rings is 1. The summed E-state index contributed by atoms with van der Waals surface area (Å²) in [6, 6.07) is 3.87. The second kappa shape index (κ2) is 6.58. The highest BCUT2D eigenvalue weighted by atomic mass is 32.1. The van der Waals surface area contributed by atoms with E-state index in [1.165, 1.54) is 0 Å². The van der Waals surface area contributed by atoms with Gasteiger partial charge in [-0.25, -0.2) is 4.98 Å². The second-order valence-corrected chi connectivity index (χ2v) is 6.10. The summed E-state index contributed by atoms with van der Waals surface area (Å²) in [5.41, 5.74) is 5.61. The van der Waals surface area contributed by atoms with Crippen LogP contribution in [0.1, 0.15) is 20.8 Å². The van der Waals surface area contributed by atoms with Gasteiger partial charge in [0.1, 0.15) is 0 Å². The van der Waals surface area contributed by atoms with E-state index in [9.17, 15) is 0 Å². The summed E-state index contributed by atoms with van der Waals surface area (Å²) < 4.78 is 5.66. The molecule has 2 N–H and O–H groups in total. The molecular weight excluding hydrogens is 284 g/mol. The third-order valence-electron chi connectivity index (χ3n) is 4.02. The molecule has 2 heterocycles. The fourth-order valence-electron chi connectivity index (χ4n) is 2.52. The van der Waals surface area contributed by atoms with Crippen LogP contribution < -0.4 is 15.4 Å². The average molecular weight is 308 g/mol. The van der Waals surface area contributed by atoms with Gasteiger partial charge in [-0.3, -0.25) is 4.90 Å². The maximum Gasteiger partial charge on any atom is 0.171 e. The Kier molecular flexibility index (Phi) is 5.00. The van der Waals surface area contributed by atoms with E-state index in [4.69, 9.17) is 22.7 Å². The van der Waals surface area contributed by atoms with E-state index in [1.807, 2.05) is 25.3 Å². The number of ether oxygens (including phenoxy) is 1. The van der Waals surface area contributed by atoms with Crippen molar-refractivity contribution in [3.8, 4) is 5.75 Å². The Hall–Kier alpha value is -1.40. The van der Waals surface area contributed by atoms with Crippen LogP contribution in [-0.4, -0.2) is 53.2 Å². The van der Waals surface area contributed by atoms with Gasteiger partial charge in [-0.15, -0.1) is 0 Å². The molecule has 1 saturated heterocycles. The van der Waals surface area contributed by atoms with Crippen LogP contribution in [-0.2, 0) is 0 Å². The maximum atomic E-state index is 5.85. The highest BCUT2D eigenvalue weighted by molar-refractivity contribution is 7.80. The first-order valence-electron chi connectivity index (χ1n) is 7.34. The Balaban J connectivity index is 2.06. The molecule has 116 valence electrons. The smallest absolute Gasteiger partial charge is 0.171 e. The first kappa shape index (κ1) is 16.0. The minimum absolute atomic E-state index is 0.242. The molecule has 0 bridgehead atoms. The standard InChI is InChI=1S/C15H24N4OS/c1-4-20-12-6-5-7-17-13(12)18-8-10-19(11-9-18)15(2,3)14(16)21/h5-7H,4,8-11H2,1-3H3,(H2,16,21). The van der Waals surface area contributed by atoms with E-state index in [0.29, 0.717) is 11.6 Å². The molecule has 6 heteroatoms. The highest BCUT2D eigenvalue weighted by Crippen LogP contribution is 2.27. The monoisotopic (exact) mass is 308 g/mol. The van der Waals surface area contributed by atoms with Crippen LogP contribution in [0.5, 0.6) is 5.75 Å². The van der Waals surface area contributed by atoms with Gasteiger partial charge >= 0.3 is 0 Å². The van der Waals surface area contributed by atoms with Gasteiger partial charge in [0.2, 0.25) is 0 Å². The molecule has 0 aliphatic carbocycles. The summed E-state index contributed by atoms with van der Waals surface area (Å²) in [5.74, 6) is 1.77. The average Bonchev–Trinajstić information content (AvgIpc) is 2.48. The number of rotatable bonds is 5. The molecule has 0 amide bonds. The first-order valence-corrected chi connectivity index (χ1v) is 7.75. The van der Waals surface area contributed by atoms with E-state index in [1.54, 1.807) is 0 Å². The Morgan fingerprint density at radius 3 is 2.62 bits per heavy atom. The van der Waals surface area contributed by atoms with E-state index in [2.05, 4.69) is 28.6 Å². The SMILES string of the molecule is CCOc1cccnc1N1CCN(C(C)(C)C(N)=S)CC1. The summed E-state index contributed by atoms with van der Waals surface area (Å²) in [7, 11) is 0. The topological polar surface area (TPSA) is 54.6 Å². The van der Waals surface area contributed by atoms with Crippen molar-refractivity contribution in [2.75, 3.05) is 37.7 Å². The molecule has 1 aliphatic heterocycles. The van der Waals surface area contributed by atoms with Crippen LogP contribution in [0.2, 0.25) is 0 Å². The van der Waals surface area contributed by atoms with Gasteiger partial charge < -0.3 is 15.4 Å². The van der Waals surface area contributed by atoms with Crippen molar-refractivity contribution in [3.05, 3.63) is 18.3 Å². The second-order valence-electron chi connectivity index (χ2n) is 5.66. The lowest BCUT2D eigenvalue weighted by Gasteiger charge is -2.43. The molecule has 21 heavy (non-hydrogen) atoms. The van der Waals surface area contributed by atoms with Crippen LogP contribution >= 0.6 is 12.2 Å². The summed E-state index contributed by atoms with van der Waals surface area (Å²) >= 11 is 5.18. The van der Waals surface area contributed by atoms with E-state index >= 15 is 0 Å². The molecule has 1 aliphatic rings. The maximum absolute atomic E-state index is 5.85. The van der Waals surface area contributed by atoms with Gasteiger partial charge in [0.25, 0.3) is 0 Å². The Labute approximate surface area is 132 Å². The summed E-state index contributed by atoms with van der Waals surface area (Å²) in [4.78, 5) is 9.61. The zero-order valence-electron chi connectivity index (χ0n) is 13.0. The molecule has 1 fully saturated rings. The number of hydrogen-bond acceptors (Lipinski definition) is 5. The van der Waals surface area contributed by atoms with Gasteiger partial charge in [-0.05, 0) is 32.9 Å². The van der Waals surface area contributed by atoms with Crippen LogP contribution in [0, 0.1) is 0 Å². The Bertz CT molecular complexity index is 498. The van der Waals surface area contributed by atoms with Crippen molar-refractivity contribution in [2.24, 2.45) is 5.73 Å². The Morgan fingerprint density at radius 2 is 2.05 bits per heavy atom. The lowest BCUT2D eigenvalue weighted by molar-refractivity contribution is 0.167. The molecule has 1 aromatic heterocycles. The number of anilines is 1. The third kappa shape index (κ3) is 3.44. The van der Waals surface area contributed by atoms with Crippen LogP contribution in [0.3, 0.4) is 0 Å². The molecule has 5 nitrogen and oxygen atoms in total. The predicted octanol–water partition coefficient (Wildman–Crippen LogP) is 1.67. The fourth-order valence-corrected chi connectivity index (χ4v) is 2.65. The molecule has 2 rings (SSSR count).